The molecule has 0 saturated heterocycles. The zero-order valence-electron chi connectivity index (χ0n) is 8.52. The minimum absolute atomic E-state index is 0.0450. The Kier molecular flexibility index (Phi) is 4.05. The number of esters is 1. The number of nitro benzene ring substituents is 1. The van der Waals surface area contributed by atoms with Crippen LogP contribution in [0.1, 0.15) is 10.4 Å². The molecule has 0 aliphatic carbocycles. The Hall–Kier alpha value is -1.38. The first kappa shape index (κ1) is 12.7. The maximum atomic E-state index is 11.4. The van der Waals surface area contributed by atoms with Crippen molar-refractivity contribution >= 4 is 34.2 Å². The van der Waals surface area contributed by atoms with Gasteiger partial charge in [0.1, 0.15) is 5.56 Å². The summed E-state index contributed by atoms with van der Waals surface area (Å²) in [5.41, 5.74) is -0.210. The lowest BCUT2D eigenvalue weighted by Gasteiger charge is -2.07. The molecule has 0 atom stereocenters. The van der Waals surface area contributed by atoms with Crippen molar-refractivity contribution in [2.45, 2.75) is 0 Å². The van der Waals surface area contributed by atoms with Gasteiger partial charge in [-0.25, -0.2) is 4.79 Å². The van der Waals surface area contributed by atoms with Crippen LogP contribution >= 0.6 is 22.6 Å². The smallest absolute Gasteiger partial charge is 0.341 e. The number of rotatable bonds is 3. The van der Waals surface area contributed by atoms with Crippen LogP contribution in [0.2, 0.25) is 0 Å². The SMILES string of the molecule is COC(=O)c1cc(I)cc([N+](=O)[O-])c1OC. The van der Waals surface area contributed by atoms with Crippen LogP contribution in [0.5, 0.6) is 5.75 Å². The first-order chi connectivity index (χ1) is 7.51. The Morgan fingerprint density at radius 1 is 1.44 bits per heavy atom. The van der Waals surface area contributed by atoms with E-state index in [1.54, 1.807) is 0 Å². The molecule has 0 aliphatic heterocycles. The highest BCUT2D eigenvalue weighted by molar-refractivity contribution is 14.1. The van der Waals surface area contributed by atoms with Crippen molar-refractivity contribution in [3.63, 3.8) is 0 Å². The van der Waals surface area contributed by atoms with Crippen LogP contribution in [0.25, 0.3) is 0 Å². The van der Waals surface area contributed by atoms with Crippen molar-refractivity contribution in [1.29, 1.82) is 0 Å². The van der Waals surface area contributed by atoms with Crippen LogP contribution in [0, 0.1) is 13.7 Å². The van der Waals surface area contributed by atoms with E-state index in [1.807, 2.05) is 22.6 Å². The molecule has 0 N–H and O–H groups in total. The molecule has 86 valence electrons. The second-order valence-electron chi connectivity index (χ2n) is 2.75. The van der Waals surface area contributed by atoms with Crippen LogP contribution in [0.15, 0.2) is 12.1 Å². The molecule has 0 heterocycles. The number of carbonyl (C=O) groups excluding carboxylic acids is 1. The maximum absolute atomic E-state index is 11.4. The number of halogens is 1. The Labute approximate surface area is 105 Å². The molecule has 1 rings (SSSR count). The standard InChI is InChI=1S/C9H8INO5/c1-15-8-6(9(12)16-2)3-5(10)4-7(8)11(13)14/h3-4H,1-2H3. The van der Waals surface area contributed by atoms with Crippen molar-refractivity contribution in [2.24, 2.45) is 0 Å². The van der Waals surface area contributed by atoms with Gasteiger partial charge in [-0.2, -0.15) is 0 Å². The fourth-order valence-electron chi connectivity index (χ4n) is 1.19. The quantitative estimate of drug-likeness (QED) is 0.365. The molecule has 0 saturated carbocycles. The summed E-state index contributed by atoms with van der Waals surface area (Å²) in [6.07, 6.45) is 0. The number of nitrogens with zero attached hydrogens (tertiary/aromatic N) is 1. The summed E-state index contributed by atoms with van der Waals surface area (Å²) in [5, 5.41) is 10.8. The van der Waals surface area contributed by atoms with E-state index < -0.39 is 10.9 Å². The third-order valence-electron chi connectivity index (χ3n) is 1.84. The van der Waals surface area contributed by atoms with Crippen LogP contribution in [-0.2, 0) is 4.74 Å². The fourth-order valence-corrected chi connectivity index (χ4v) is 1.80. The Balaban J connectivity index is 3.48. The fraction of sp³-hybridized carbons (Fsp3) is 0.222. The minimum Gasteiger partial charge on any atom is -0.490 e. The number of benzene rings is 1. The lowest BCUT2D eigenvalue weighted by Crippen LogP contribution is -2.06. The summed E-state index contributed by atoms with van der Waals surface area (Å²) in [6, 6.07) is 2.80. The van der Waals surface area contributed by atoms with E-state index in [2.05, 4.69) is 4.74 Å². The molecule has 1 aromatic rings. The molecule has 0 radical (unpaired) electrons. The van der Waals surface area contributed by atoms with Crippen molar-refractivity contribution in [3.05, 3.63) is 31.4 Å². The number of hydrogen-bond acceptors (Lipinski definition) is 5. The molecule has 7 heteroatoms. The predicted molar refractivity (Wildman–Crippen MR) is 63.7 cm³/mol. The molecule has 1 aromatic carbocycles. The van der Waals surface area contributed by atoms with Crippen molar-refractivity contribution in [1.82, 2.24) is 0 Å². The molecule has 0 bridgehead atoms. The first-order valence-electron chi connectivity index (χ1n) is 4.11. The van der Waals surface area contributed by atoms with Gasteiger partial charge in [0.2, 0.25) is 5.75 Å². The second-order valence-corrected chi connectivity index (χ2v) is 4.00. The van der Waals surface area contributed by atoms with Gasteiger partial charge in [-0.1, -0.05) is 0 Å². The van der Waals surface area contributed by atoms with Gasteiger partial charge in [0.25, 0.3) is 0 Å². The Morgan fingerprint density at radius 2 is 2.06 bits per heavy atom. The number of ether oxygens (including phenoxy) is 2. The highest BCUT2D eigenvalue weighted by atomic mass is 127. The lowest BCUT2D eigenvalue weighted by molar-refractivity contribution is -0.385. The highest BCUT2D eigenvalue weighted by Gasteiger charge is 2.24. The third-order valence-corrected chi connectivity index (χ3v) is 2.46. The predicted octanol–water partition coefficient (Wildman–Crippen LogP) is 1.99. The van der Waals surface area contributed by atoms with Crippen LogP contribution < -0.4 is 4.74 Å². The van der Waals surface area contributed by atoms with E-state index in [0.717, 1.165) is 0 Å². The molecule has 0 fully saturated rings. The first-order valence-corrected chi connectivity index (χ1v) is 5.19. The number of methoxy groups -OCH3 is 2. The monoisotopic (exact) mass is 337 g/mol. The third kappa shape index (κ3) is 2.40. The van der Waals surface area contributed by atoms with Crippen molar-refractivity contribution in [3.8, 4) is 5.75 Å². The van der Waals surface area contributed by atoms with E-state index in [1.165, 1.54) is 26.4 Å². The van der Waals surface area contributed by atoms with Gasteiger partial charge in [-0.15, -0.1) is 0 Å². The van der Waals surface area contributed by atoms with Gasteiger partial charge < -0.3 is 9.47 Å². The minimum atomic E-state index is -0.668. The van der Waals surface area contributed by atoms with Crippen molar-refractivity contribution in [2.75, 3.05) is 14.2 Å². The Morgan fingerprint density at radius 3 is 2.50 bits per heavy atom. The second kappa shape index (κ2) is 5.10. The zero-order valence-corrected chi connectivity index (χ0v) is 10.7. The van der Waals surface area contributed by atoms with Gasteiger partial charge in [0, 0.05) is 9.64 Å². The average Bonchev–Trinajstić information content (AvgIpc) is 2.26. The topological polar surface area (TPSA) is 78.7 Å². The zero-order chi connectivity index (χ0) is 12.3. The van der Waals surface area contributed by atoms with Crippen molar-refractivity contribution < 1.29 is 19.2 Å². The van der Waals surface area contributed by atoms with E-state index >= 15 is 0 Å². The highest BCUT2D eigenvalue weighted by Crippen LogP contribution is 2.33. The molecule has 0 aromatic heterocycles. The molecular weight excluding hydrogens is 329 g/mol. The average molecular weight is 337 g/mol. The number of carbonyl (C=O) groups is 1. The van der Waals surface area contributed by atoms with Crippen LogP contribution in [0.4, 0.5) is 5.69 Å². The summed E-state index contributed by atoms with van der Waals surface area (Å²) >= 11 is 1.88. The number of nitro groups is 1. The largest absolute Gasteiger partial charge is 0.490 e. The Bertz CT molecular complexity index is 446. The van der Waals surface area contributed by atoms with Gasteiger partial charge in [0.15, 0.2) is 0 Å². The molecule has 6 nitrogen and oxygen atoms in total. The van der Waals surface area contributed by atoms with E-state index in [-0.39, 0.29) is 17.0 Å². The van der Waals surface area contributed by atoms with E-state index in [0.29, 0.717) is 3.57 Å². The summed E-state index contributed by atoms with van der Waals surface area (Å²) in [5.74, 6) is -0.754. The molecule has 0 spiro atoms. The van der Waals surface area contributed by atoms with Gasteiger partial charge in [-0.05, 0) is 28.7 Å². The van der Waals surface area contributed by atoms with Gasteiger partial charge in [0.05, 0.1) is 19.1 Å². The molecule has 16 heavy (non-hydrogen) atoms. The van der Waals surface area contributed by atoms with Crippen LogP contribution in [-0.4, -0.2) is 25.1 Å². The lowest BCUT2D eigenvalue weighted by atomic mass is 10.1. The van der Waals surface area contributed by atoms with Gasteiger partial charge in [-0.3, -0.25) is 10.1 Å². The molecule has 0 amide bonds. The molecule has 0 unspecified atom stereocenters. The van der Waals surface area contributed by atoms with E-state index in [4.69, 9.17) is 4.74 Å². The summed E-state index contributed by atoms with van der Waals surface area (Å²) in [7, 11) is 2.47. The van der Waals surface area contributed by atoms with E-state index in [9.17, 15) is 14.9 Å². The summed E-state index contributed by atoms with van der Waals surface area (Å²) < 4.78 is 9.95. The summed E-state index contributed by atoms with van der Waals surface area (Å²) in [6.45, 7) is 0. The van der Waals surface area contributed by atoms with Crippen LogP contribution in [0.3, 0.4) is 0 Å². The summed E-state index contributed by atoms with van der Waals surface area (Å²) in [4.78, 5) is 21.6. The van der Waals surface area contributed by atoms with Gasteiger partial charge >= 0.3 is 11.7 Å². The molecular formula is C9H8INO5. The number of hydrogen-bond donors (Lipinski definition) is 0. The normalized spacial score (nSPS) is 9.69. The molecule has 0 aliphatic rings. The maximum Gasteiger partial charge on any atom is 0.341 e.